The summed E-state index contributed by atoms with van der Waals surface area (Å²) in [4.78, 5) is 35.1. The number of carbonyl (C=O) groups is 2. The summed E-state index contributed by atoms with van der Waals surface area (Å²) in [7, 11) is 5.70. The van der Waals surface area contributed by atoms with Crippen molar-refractivity contribution in [3.63, 3.8) is 0 Å². The smallest absolute Gasteiger partial charge is 0.289 e. The lowest BCUT2D eigenvalue weighted by Crippen LogP contribution is -2.53. The number of hydrogen-bond acceptors (Lipinski definition) is 5. The van der Waals surface area contributed by atoms with E-state index in [1.54, 1.807) is 24.1 Å². The summed E-state index contributed by atoms with van der Waals surface area (Å²) < 4.78 is 5.22. The van der Waals surface area contributed by atoms with Gasteiger partial charge in [0, 0.05) is 58.4 Å². The minimum atomic E-state index is -0.0849. The third-order valence-corrected chi connectivity index (χ3v) is 5.29. The molecule has 9 nitrogen and oxygen atoms in total. The minimum Gasteiger partial charge on any atom is -0.459 e. The number of furan rings is 1. The second-order valence-electron chi connectivity index (χ2n) is 7.92. The van der Waals surface area contributed by atoms with E-state index in [0.717, 1.165) is 18.1 Å². The van der Waals surface area contributed by atoms with Gasteiger partial charge in [0.1, 0.15) is 0 Å². The van der Waals surface area contributed by atoms with Gasteiger partial charge < -0.3 is 29.8 Å². The molecule has 1 aliphatic rings. The lowest BCUT2D eigenvalue weighted by atomic mass is 10.1. The Hall–Kier alpha value is -2.60. The second kappa shape index (κ2) is 13.2. The molecule has 0 saturated carbocycles. The quantitative estimate of drug-likeness (QED) is 0.300. The van der Waals surface area contributed by atoms with Crippen LogP contribution in [0.25, 0.3) is 0 Å². The van der Waals surface area contributed by atoms with Crippen LogP contribution >= 0.6 is 24.0 Å². The first kappa shape index (κ1) is 26.7. The van der Waals surface area contributed by atoms with E-state index in [9.17, 15) is 9.59 Å². The number of nitrogens with one attached hydrogen (secondary N) is 2. The molecule has 1 aromatic carbocycles. The summed E-state index contributed by atoms with van der Waals surface area (Å²) in [5.74, 6) is 0.983. The molecule has 2 amide bonds. The number of rotatable bonds is 7. The van der Waals surface area contributed by atoms with Crippen LogP contribution < -0.4 is 10.6 Å². The number of carbonyl (C=O) groups excluding carboxylic acids is 2. The molecule has 2 N–H and O–H groups in total. The van der Waals surface area contributed by atoms with E-state index in [1.807, 2.05) is 43.3 Å². The highest BCUT2D eigenvalue weighted by molar-refractivity contribution is 14.0. The van der Waals surface area contributed by atoms with Gasteiger partial charge in [0.15, 0.2) is 11.7 Å². The topological polar surface area (TPSA) is 93.4 Å². The van der Waals surface area contributed by atoms with Crippen LogP contribution in [-0.4, -0.2) is 92.9 Å². The summed E-state index contributed by atoms with van der Waals surface area (Å²) in [6.45, 7) is 4.52. The Morgan fingerprint density at radius 3 is 2.42 bits per heavy atom. The van der Waals surface area contributed by atoms with E-state index in [-0.39, 0.29) is 35.8 Å². The van der Waals surface area contributed by atoms with E-state index in [2.05, 4.69) is 20.5 Å². The molecule has 1 saturated heterocycles. The van der Waals surface area contributed by atoms with Gasteiger partial charge in [-0.1, -0.05) is 12.1 Å². The average Bonchev–Trinajstić information content (AvgIpc) is 3.34. The summed E-state index contributed by atoms with van der Waals surface area (Å²) >= 11 is 0. The maximum atomic E-state index is 12.4. The highest BCUT2D eigenvalue weighted by Crippen LogP contribution is 2.10. The molecule has 0 bridgehead atoms. The number of nitrogens with zero attached hydrogens (tertiary/aromatic N) is 4. The third kappa shape index (κ3) is 7.74. The largest absolute Gasteiger partial charge is 0.459 e. The normalized spacial score (nSPS) is 14.1. The van der Waals surface area contributed by atoms with Crippen molar-refractivity contribution >= 4 is 41.8 Å². The first-order valence-electron chi connectivity index (χ1n) is 10.8. The Morgan fingerprint density at radius 1 is 1.06 bits per heavy atom. The zero-order valence-corrected chi connectivity index (χ0v) is 21.7. The van der Waals surface area contributed by atoms with Crippen molar-refractivity contribution in [1.29, 1.82) is 0 Å². The Morgan fingerprint density at radius 2 is 1.79 bits per heavy atom. The second-order valence-corrected chi connectivity index (χ2v) is 7.92. The summed E-state index contributed by atoms with van der Waals surface area (Å²) in [5.41, 5.74) is 1.64. The van der Waals surface area contributed by atoms with Gasteiger partial charge in [0.2, 0.25) is 0 Å². The van der Waals surface area contributed by atoms with Crippen molar-refractivity contribution in [3.8, 4) is 0 Å². The van der Waals surface area contributed by atoms with Gasteiger partial charge in [-0.25, -0.2) is 0 Å². The number of benzene rings is 1. The number of aliphatic imine (C=N–C) groups is 1. The van der Waals surface area contributed by atoms with Crippen molar-refractivity contribution in [1.82, 2.24) is 25.3 Å². The molecule has 2 aromatic rings. The van der Waals surface area contributed by atoms with E-state index in [0.29, 0.717) is 50.6 Å². The fourth-order valence-electron chi connectivity index (χ4n) is 3.51. The lowest BCUT2D eigenvalue weighted by molar-refractivity contribution is 0.0657. The average molecular weight is 568 g/mol. The van der Waals surface area contributed by atoms with Crippen molar-refractivity contribution in [2.45, 2.75) is 6.54 Å². The van der Waals surface area contributed by atoms with E-state index in [4.69, 9.17) is 4.42 Å². The Balaban J connectivity index is 0.00000385. The highest BCUT2D eigenvalue weighted by atomic mass is 127. The van der Waals surface area contributed by atoms with Crippen LogP contribution in [0, 0.1) is 0 Å². The fourth-order valence-corrected chi connectivity index (χ4v) is 3.51. The number of piperazine rings is 1. The molecular weight excluding hydrogens is 535 g/mol. The van der Waals surface area contributed by atoms with Gasteiger partial charge in [-0.2, -0.15) is 0 Å². The molecule has 2 heterocycles. The number of halogens is 1. The summed E-state index contributed by atoms with van der Waals surface area (Å²) in [6.07, 6.45) is 1.51. The van der Waals surface area contributed by atoms with E-state index >= 15 is 0 Å². The maximum Gasteiger partial charge on any atom is 0.289 e. The first-order chi connectivity index (χ1) is 15.5. The number of likely N-dealkylation sites (N-methyl/N-ethyl adjacent to an activating group) is 1. The molecule has 10 heteroatoms. The molecule has 1 fully saturated rings. The minimum absolute atomic E-state index is 0. The number of amides is 2. The molecule has 1 aliphatic heterocycles. The summed E-state index contributed by atoms with van der Waals surface area (Å²) in [5, 5.41) is 6.30. The molecule has 0 radical (unpaired) electrons. The lowest BCUT2D eigenvalue weighted by Gasteiger charge is -2.36. The van der Waals surface area contributed by atoms with Crippen molar-refractivity contribution < 1.29 is 14.0 Å². The zero-order chi connectivity index (χ0) is 22.9. The molecule has 33 heavy (non-hydrogen) atoms. The molecule has 1 aromatic heterocycles. The van der Waals surface area contributed by atoms with Crippen LogP contribution in [0.1, 0.15) is 26.5 Å². The predicted octanol–water partition coefficient (Wildman–Crippen LogP) is 1.72. The Kier molecular flexibility index (Phi) is 10.7. The van der Waals surface area contributed by atoms with Crippen LogP contribution in [-0.2, 0) is 6.54 Å². The van der Waals surface area contributed by atoms with Crippen molar-refractivity contribution in [2.75, 3.05) is 60.4 Å². The summed E-state index contributed by atoms with van der Waals surface area (Å²) in [6, 6.07) is 11.0. The van der Waals surface area contributed by atoms with Crippen LogP contribution in [0.2, 0.25) is 0 Å². The molecule has 0 atom stereocenters. The van der Waals surface area contributed by atoms with Crippen LogP contribution in [0.4, 0.5) is 0 Å². The van der Waals surface area contributed by atoms with E-state index in [1.165, 1.54) is 6.26 Å². The maximum absolute atomic E-state index is 12.4. The van der Waals surface area contributed by atoms with Crippen molar-refractivity contribution in [2.24, 2.45) is 4.99 Å². The molecule has 3 rings (SSSR count). The molecule has 0 spiro atoms. The van der Waals surface area contributed by atoms with Gasteiger partial charge >= 0.3 is 0 Å². The van der Waals surface area contributed by atoms with Gasteiger partial charge in [0.05, 0.1) is 6.26 Å². The van der Waals surface area contributed by atoms with Crippen molar-refractivity contribution in [3.05, 3.63) is 59.5 Å². The van der Waals surface area contributed by atoms with E-state index < -0.39 is 0 Å². The molecule has 0 unspecified atom stereocenters. The van der Waals surface area contributed by atoms with Gasteiger partial charge in [-0.15, -0.1) is 24.0 Å². The highest BCUT2D eigenvalue weighted by Gasteiger charge is 2.25. The number of guanidine groups is 1. The first-order valence-corrected chi connectivity index (χ1v) is 10.8. The van der Waals surface area contributed by atoms with Crippen LogP contribution in [0.15, 0.2) is 52.1 Å². The standard InChI is InChI=1S/C23H32N6O3.HI/c1-24-23(29-13-11-28(12-14-29)22(31)20-8-5-15-32-20)26-17-18-6-4-7-19(16-18)21(30)25-9-10-27(2)3;/h4-8,15-16H,9-14,17H2,1-3H3,(H,24,26)(H,25,30);1H. The molecular formula is C23H33IN6O3. The Bertz CT molecular complexity index is 924. The monoisotopic (exact) mass is 568 g/mol. The van der Waals surface area contributed by atoms with Crippen LogP contribution in [0.5, 0.6) is 0 Å². The van der Waals surface area contributed by atoms with Gasteiger partial charge in [-0.05, 0) is 43.9 Å². The Labute approximate surface area is 212 Å². The third-order valence-electron chi connectivity index (χ3n) is 5.29. The zero-order valence-electron chi connectivity index (χ0n) is 19.4. The van der Waals surface area contributed by atoms with Gasteiger partial charge in [-0.3, -0.25) is 14.6 Å². The number of hydrogen-bond donors (Lipinski definition) is 2. The predicted molar refractivity (Wildman–Crippen MR) is 139 cm³/mol. The molecule has 0 aliphatic carbocycles. The van der Waals surface area contributed by atoms with Crippen LogP contribution in [0.3, 0.4) is 0 Å². The van der Waals surface area contributed by atoms with Gasteiger partial charge in [0.25, 0.3) is 11.8 Å². The fraction of sp³-hybridized carbons (Fsp3) is 0.435. The SMILES string of the molecule is CN=C(NCc1cccc(C(=O)NCCN(C)C)c1)N1CCN(C(=O)c2ccco2)CC1.I. The molecule has 180 valence electrons.